The van der Waals surface area contributed by atoms with E-state index < -0.39 is 0 Å². The van der Waals surface area contributed by atoms with Crippen LogP contribution in [0.1, 0.15) is 31.6 Å². The maximum Gasteiger partial charge on any atom is 0.146 e. The van der Waals surface area contributed by atoms with Crippen molar-refractivity contribution in [2.45, 2.75) is 33.4 Å². The van der Waals surface area contributed by atoms with Crippen molar-refractivity contribution in [3.05, 3.63) is 47.9 Å². The molecule has 1 aromatic carbocycles. The molecular formula is C17H23NO3. The molecule has 4 nitrogen and oxygen atoms in total. The first-order valence-corrected chi connectivity index (χ1v) is 7.44. The Morgan fingerprint density at radius 1 is 1.05 bits per heavy atom. The highest BCUT2D eigenvalue weighted by Crippen LogP contribution is 2.19. The summed E-state index contributed by atoms with van der Waals surface area (Å²) in [6.07, 6.45) is 2.77. The monoisotopic (exact) mass is 289 g/mol. The van der Waals surface area contributed by atoms with Gasteiger partial charge in [-0.25, -0.2) is 0 Å². The second kappa shape index (κ2) is 8.37. The van der Waals surface area contributed by atoms with Crippen LogP contribution in [-0.2, 0) is 13.2 Å². The van der Waals surface area contributed by atoms with E-state index in [2.05, 4.69) is 19.2 Å². The van der Waals surface area contributed by atoms with Gasteiger partial charge in [0.25, 0.3) is 0 Å². The van der Waals surface area contributed by atoms with Gasteiger partial charge in [-0.3, -0.25) is 0 Å². The van der Waals surface area contributed by atoms with Crippen LogP contribution in [0.5, 0.6) is 11.5 Å². The van der Waals surface area contributed by atoms with Crippen molar-refractivity contribution in [3.63, 3.8) is 0 Å². The first kappa shape index (κ1) is 15.4. The molecule has 114 valence electrons. The average Bonchev–Trinajstić information content (AvgIpc) is 2.98. The van der Waals surface area contributed by atoms with Gasteiger partial charge in [0, 0.05) is 12.1 Å². The van der Waals surface area contributed by atoms with Gasteiger partial charge in [0.1, 0.15) is 23.9 Å². The molecule has 21 heavy (non-hydrogen) atoms. The van der Waals surface area contributed by atoms with Crippen LogP contribution in [0.4, 0.5) is 0 Å². The smallest absolute Gasteiger partial charge is 0.146 e. The maximum atomic E-state index is 5.70. The Morgan fingerprint density at radius 3 is 2.43 bits per heavy atom. The van der Waals surface area contributed by atoms with Crippen LogP contribution in [0.2, 0.25) is 0 Å². The number of hydrogen-bond acceptors (Lipinski definition) is 4. The fourth-order valence-electron chi connectivity index (χ4n) is 1.87. The lowest BCUT2D eigenvalue weighted by Gasteiger charge is -2.07. The van der Waals surface area contributed by atoms with E-state index in [0.717, 1.165) is 48.9 Å². The molecule has 0 spiro atoms. The molecule has 1 heterocycles. The molecule has 4 heteroatoms. The van der Waals surface area contributed by atoms with Crippen LogP contribution in [0.3, 0.4) is 0 Å². The van der Waals surface area contributed by atoms with E-state index in [9.17, 15) is 0 Å². The molecule has 0 aliphatic rings. The van der Waals surface area contributed by atoms with Gasteiger partial charge in [0.15, 0.2) is 0 Å². The molecule has 0 bridgehead atoms. The first-order valence-electron chi connectivity index (χ1n) is 7.44. The molecule has 1 aromatic heterocycles. The standard InChI is InChI=1S/C17H23NO3/c1-3-9-19-15-5-7-16(8-6-15)21-13-17-10-14(12-20-17)11-18-4-2/h5-8,10,12,18H,3-4,9,11,13H2,1-2H3. The molecule has 0 amide bonds. The largest absolute Gasteiger partial charge is 0.494 e. The highest BCUT2D eigenvalue weighted by Gasteiger charge is 2.03. The quantitative estimate of drug-likeness (QED) is 0.763. The summed E-state index contributed by atoms with van der Waals surface area (Å²) in [4.78, 5) is 0. The third-order valence-corrected chi connectivity index (χ3v) is 2.96. The van der Waals surface area contributed by atoms with Crippen LogP contribution in [0, 0.1) is 0 Å². The number of furan rings is 1. The van der Waals surface area contributed by atoms with E-state index in [1.807, 2.05) is 30.3 Å². The Balaban J connectivity index is 1.80. The summed E-state index contributed by atoms with van der Waals surface area (Å²) in [6, 6.07) is 9.68. The van der Waals surface area contributed by atoms with Crippen molar-refractivity contribution in [2.24, 2.45) is 0 Å². The summed E-state index contributed by atoms with van der Waals surface area (Å²) in [5.41, 5.74) is 1.14. The minimum atomic E-state index is 0.432. The van der Waals surface area contributed by atoms with E-state index in [4.69, 9.17) is 13.9 Å². The van der Waals surface area contributed by atoms with Crippen molar-refractivity contribution < 1.29 is 13.9 Å². The van der Waals surface area contributed by atoms with E-state index in [1.54, 1.807) is 6.26 Å². The fourth-order valence-corrected chi connectivity index (χ4v) is 1.87. The van der Waals surface area contributed by atoms with Gasteiger partial charge in [-0.15, -0.1) is 0 Å². The zero-order valence-corrected chi connectivity index (χ0v) is 12.7. The van der Waals surface area contributed by atoms with Crippen molar-refractivity contribution in [2.75, 3.05) is 13.2 Å². The number of ether oxygens (including phenoxy) is 2. The number of nitrogens with one attached hydrogen (secondary N) is 1. The van der Waals surface area contributed by atoms with Crippen LogP contribution in [0.15, 0.2) is 41.0 Å². The van der Waals surface area contributed by atoms with Crippen molar-refractivity contribution >= 4 is 0 Å². The van der Waals surface area contributed by atoms with Crippen molar-refractivity contribution in [3.8, 4) is 11.5 Å². The molecular weight excluding hydrogens is 266 g/mol. The molecule has 0 unspecified atom stereocenters. The summed E-state index contributed by atoms with van der Waals surface area (Å²) in [5, 5.41) is 3.26. The Hall–Kier alpha value is -1.94. The summed E-state index contributed by atoms with van der Waals surface area (Å²) < 4.78 is 16.7. The molecule has 2 aromatic rings. The highest BCUT2D eigenvalue weighted by molar-refractivity contribution is 5.31. The number of hydrogen-bond donors (Lipinski definition) is 1. The van der Waals surface area contributed by atoms with Crippen molar-refractivity contribution in [1.29, 1.82) is 0 Å². The summed E-state index contributed by atoms with van der Waals surface area (Å²) in [5.74, 6) is 2.51. The van der Waals surface area contributed by atoms with Gasteiger partial charge in [0.05, 0.1) is 12.9 Å². The molecule has 0 aliphatic heterocycles. The van der Waals surface area contributed by atoms with Gasteiger partial charge in [-0.2, -0.15) is 0 Å². The van der Waals surface area contributed by atoms with Crippen LogP contribution < -0.4 is 14.8 Å². The Morgan fingerprint density at radius 2 is 1.76 bits per heavy atom. The summed E-state index contributed by atoms with van der Waals surface area (Å²) in [7, 11) is 0. The minimum Gasteiger partial charge on any atom is -0.494 e. The minimum absolute atomic E-state index is 0.432. The first-order chi connectivity index (χ1) is 10.3. The Bertz CT molecular complexity index is 519. The lowest BCUT2D eigenvalue weighted by Crippen LogP contribution is -2.10. The van der Waals surface area contributed by atoms with Gasteiger partial charge < -0.3 is 19.2 Å². The normalized spacial score (nSPS) is 10.6. The Labute approximate surface area is 126 Å². The summed E-state index contributed by atoms with van der Waals surface area (Å²) in [6.45, 7) is 7.11. The lowest BCUT2D eigenvalue weighted by molar-refractivity contribution is 0.269. The molecule has 1 N–H and O–H groups in total. The fraction of sp³-hybridized carbons (Fsp3) is 0.412. The molecule has 0 atom stereocenters. The zero-order chi connectivity index (χ0) is 14.9. The van der Waals surface area contributed by atoms with E-state index in [-0.39, 0.29) is 0 Å². The highest BCUT2D eigenvalue weighted by atomic mass is 16.5. The van der Waals surface area contributed by atoms with Gasteiger partial charge >= 0.3 is 0 Å². The number of benzene rings is 1. The third kappa shape index (κ3) is 5.16. The second-order valence-corrected chi connectivity index (χ2v) is 4.81. The lowest BCUT2D eigenvalue weighted by atomic mass is 10.3. The topological polar surface area (TPSA) is 43.6 Å². The van der Waals surface area contributed by atoms with Crippen LogP contribution in [-0.4, -0.2) is 13.2 Å². The van der Waals surface area contributed by atoms with Gasteiger partial charge in [-0.1, -0.05) is 13.8 Å². The molecule has 0 radical (unpaired) electrons. The van der Waals surface area contributed by atoms with Gasteiger partial charge in [-0.05, 0) is 43.3 Å². The van der Waals surface area contributed by atoms with Crippen molar-refractivity contribution in [1.82, 2.24) is 5.32 Å². The van der Waals surface area contributed by atoms with E-state index >= 15 is 0 Å². The second-order valence-electron chi connectivity index (χ2n) is 4.81. The Kier molecular flexibility index (Phi) is 6.16. The van der Waals surface area contributed by atoms with E-state index in [1.165, 1.54) is 0 Å². The molecule has 0 saturated heterocycles. The predicted octanol–water partition coefficient (Wildman–Crippen LogP) is 3.76. The number of rotatable bonds is 9. The summed E-state index contributed by atoms with van der Waals surface area (Å²) >= 11 is 0. The predicted molar refractivity (Wildman–Crippen MR) is 82.6 cm³/mol. The zero-order valence-electron chi connectivity index (χ0n) is 12.7. The van der Waals surface area contributed by atoms with Gasteiger partial charge in [0.2, 0.25) is 0 Å². The molecule has 0 saturated carbocycles. The average molecular weight is 289 g/mol. The van der Waals surface area contributed by atoms with Crippen LogP contribution >= 0.6 is 0 Å². The van der Waals surface area contributed by atoms with E-state index in [0.29, 0.717) is 6.61 Å². The SMILES string of the molecule is CCCOc1ccc(OCc2cc(CNCC)co2)cc1. The molecule has 0 aliphatic carbocycles. The maximum absolute atomic E-state index is 5.70. The molecule has 0 fully saturated rings. The van der Waals surface area contributed by atoms with Crippen LogP contribution in [0.25, 0.3) is 0 Å². The third-order valence-electron chi connectivity index (χ3n) is 2.96. The molecule has 2 rings (SSSR count).